The van der Waals surface area contributed by atoms with E-state index in [1.165, 1.54) is 0 Å². The van der Waals surface area contributed by atoms with E-state index >= 15 is 0 Å². The Labute approximate surface area is 123 Å². The minimum absolute atomic E-state index is 0.305. The topological polar surface area (TPSA) is 17.1 Å². The third kappa shape index (κ3) is 2.17. The minimum Gasteiger partial charge on any atom is -0.280 e. The van der Waals surface area contributed by atoms with E-state index in [1.54, 1.807) is 6.92 Å². The first kappa shape index (κ1) is 15.4. The highest BCUT2D eigenvalue weighted by atomic mass is 79.9. The summed E-state index contributed by atoms with van der Waals surface area (Å²) in [4.78, 5) is 11.8. The van der Waals surface area contributed by atoms with Gasteiger partial charge in [0.2, 0.25) is 5.24 Å². The summed E-state index contributed by atoms with van der Waals surface area (Å²) in [5.74, 6) is -0.863. The maximum Gasteiger partial charge on any atom is 0.233 e. The molecule has 0 amide bonds. The molecule has 2 unspecified atom stereocenters. The fraction of sp³-hybridized carbons (Fsp3) is 0.583. The summed E-state index contributed by atoms with van der Waals surface area (Å²) in [6.07, 6.45) is 1.10. The molecule has 0 aromatic rings. The summed E-state index contributed by atoms with van der Waals surface area (Å²) >= 11 is 12.4. The van der Waals surface area contributed by atoms with E-state index in [2.05, 4.69) is 31.9 Å². The Morgan fingerprint density at radius 3 is 2.35 bits per heavy atom. The first-order valence-corrected chi connectivity index (χ1v) is 7.45. The summed E-state index contributed by atoms with van der Waals surface area (Å²) in [6, 6.07) is 0. The fourth-order valence-corrected chi connectivity index (χ4v) is 5.15. The first-order valence-electron chi connectivity index (χ1n) is 5.49. The molecule has 0 aromatic carbocycles. The Balaban J connectivity index is 3.55. The van der Waals surface area contributed by atoms with Gasteiger partial charge in [0.05, 0.1) is 9.90 Å². The lowest BCUT2D eigenvalue weighted by Gasteiger charge is -2.39. The Morgan fingerprint density at radius 2 is 2.00 bits per heavy atom. The van der Waals surface area contributed by atoms with Crippen molar-refractivity contribution in [2.24, 2.45) is 11.3 Å². The molecule has 0 aromatic heterocycles. The number of halogens is 4. The van der Waals surface area contributed by atoms with Crippen molar-refractivity contribution in [2.75, 3.05) is 0 Å². The monoisotopic (exact) mass is 386 g/mol. The molecule has 2 atom stereocenters. The lowest BCUT2D eigenvalue weighted by Crippen LogP contribution is -2.38. The van der Waals surface area contributed by atoms with Crippen LogP contribution in [-0.4, -0.2) is 5.24 Å². The predicted molar refractivity (Wildman–Crippen MR) is 76.1 cm³/mol. The van der Waals surface area contributed by atoms with E-state index in [0.717, 1.165) is 5.57 Å². The quantitative estimate of drug-likeness (QED) is 0.589. The zero-order chi connectivity index (χ0) is 13.4. The molecule has 0 fully saturated rings. The molecule has 1 nitrogen and oxygen atoms in total. The zero-order valence-electron chi connectivity index (χ0n) is 9.91. The molecular weight excluding hydrogens is 374 g/mol. The average molecular weight is 389 g/mol. The van der Waals surface area contributed by atoms with Gasteiger partial charge in [0.15, 0.2) is 0 Å². The van der Waals surface area contributed by atoms with Crippen LogP contribution in [-0.2, 0) is 4.79 Å². The van der Waals surface area contributed by atoms with Crippen LogP contribution in [0.4, 0.5) is 4.39 Å². The zero-order valence-corrected chi connectivity index (χ0v) is 13.8. The van der Waals surface area contributed by atoms with Gasteiger partial charge in [-0.3, -0.25) is 4.79 Å². The highest BCUT2D eigenvalue weighted by Gasteiger charge is 2.49. The summed E-state index contributed by atoms with van der Waals surface area (Å²) in [5, 5.41) is -0.513. The van der Waals surface area contributed by atoms with Crippen LogP contribution in [0.2, 0.25) is 0 Å². The summed E-state index contributed by atoms with van der Waals surface area (Å²) in [6.45, 7) is 5.45. The molecule has 0 saturated carbocycles. The Bertz CT molecular complexity index is 417. The first-order chi connectivity index (χ1) is 7.84. The van der Waals surface area contributed by atoms with Crippen molar-refractivity contribution < 1.29 is 9.18 Å². The maximum atomic E-state index is 14.2. The molecule has 1 aliphatic carbocycles. The largest absolute Gasteiger partial charge is 0.280 e. The van der Waals surface area contributed by atoms with Crippen molar-refractivity contribution >= 4 is 48.7 Å². The fourth-order valence-electron chi connectivity index (χ4n) is 2.27. The maximum absolute atomic E-state index is 14.2. The second-order valence-corrected chi connectivity index (χ2v) is 6.06. The van der Waals surface area contributed by atoms with Gasteiger partial charge < -0.3 is 0 Å². The Hall–Kier alpha value is 0.330. The number of rotatable bonds is 3. The number of hydrogen-bond acceptors (Lipinski definition) is 1. The van der Waals surface area contributed by atoms with Crippen LogP contribution >= 0.6 is 43.5 Å². The van der Waals surface area contributed by atoms with Gasteiger partial charge >= 0.3 is 0 Å². The van der Waals surface area contributed by atoms with E-state index in [1.807, 2.05) is 13.8 Å². The van der Waals surface area contributed by atoms with Gasteiger partial charge in [-0.2, -0.15) is 0 Å². The van der Waals surface area contributed by atoms with Crippen LogP contribution < -0.4 is 0 Å². The van der Waals surface area contributed by atoms with Crippen LogP contribution in [0.25, 0.3) is 0 Å². The molecule has 1 aliphatic rings. The molecule has 0 heterocycles. The van der Waals surface area contributed by atoms with Crippen LogP contribution in [0.3, 0.4) is 0 Å². The van der Waals surface area contributed by atoms with E-state index in [9.17, 15) is 9.18 Å². The number of carbonyl (C=O) groups is 1. The molecule has 96 valence electrons. The predicted octanol–water partition coefficient (Wildman–Crippen LogP) is 5.43. The smallest absolute Gasteiger partial charge is 0.233 e. The van der Waals surface area contributed by atoms with Crippen molar-refractivity contribution in [3.8, 4) is 0 Å². The van der Waals surface area contributed by atoms with Crippen molar-refractivity contribution in [2.45, 2.75) is 33.6 Å². The van der Waals surface area contributed by atoms with Crippen molar-refractivity contribution in [3.63, 3.8) is 0 Å². The highest BCUT2D eigenvalue weighted by molar-refractivity contribution is 9.12. The lowest BCUT2D eigenvalue weighted by atomic mass is 9.70. The average Bonchev–Trinajstić information content (AvgIpc) is 2.28. The second-order valence-electron chi connectivity index (χ2n) is 4.13. The molecule has 0 spiro atoms. The van der Waals surface area contributed by atoms with Crippen molar-refractivity contribution in [1.82, 2.24) is 0 Å². The molecule has 5 heteroatoms. The molecule has 0 N–H and O–H groups in total. The van der Waals surface area contributed by atoms with Gasteiger partial charge in [0.25, 0.3) is 0 Å². The SMILES string of the molecule is CCC1=C(Br)C(CC)(C(=O)Cl)C(C)C(F)=C1Br. The van der Waals surface area contributed by atoms with E-state index in [0.29, 0.717) is 21.8 Å². The number of hydrogen-bond donors (Lipinski definition) is 0. The van der Waals surface area contributed by atoms with E-state index in [4.69, 9.17) is 11.6 Å². The Kier molecular flexibility index (Phi) is 5.01. The Morgan fingerprint density at radius 1 is 1.47 bits per heavy atom. The van der Waals surface area contributed by atoms with Gasteiger partial charge in [0.1, 0.15) is 5.83 Å². The minimum atomic E-state index is -0.978. The molecular formula is C12H14Br2ClFO. The third-order valence-corrected chi connectivity index (χ3v) is 5.89. The lowest BCUT2D eigenvalue weighted by molar-refractivity contribution is -0.120. The van der Waals surface area contributed by atoms with Crippen molar-refractivity contribution in [3.05, 3.63) is 20.4 Å². The third-order valence-electron chi connectivity index (χ3n) is 3.51. The summed E-state index contributed by atoms with van der Waals surface area (Å²) < 4.78 is 15.3. The molecule has 0 radical (unpaired) electrons. The van der Waals surface area contributed by atoms with Crippen molar-refractivity contribution in [1.29, 1.82) is 0 Å². The van der Waals surface area contributed by atoms with Crippen LogP contribution in [0, 0.1) is 11.3 Å². The van der Waals surface area contributed by atoms with Gasteiger partial charge in [-0.1, -0.05) is 36.7 Å². The highest BCUT2D eigenvalue weighted by Crippen LogP contribution is 2.55. The summed E-state index contributed by atoms with van der Waals surface area (Å²) in [5.41, 5.74) is -0.203. The van der Waals surface area contributed by atoms with Gasteiger partial charge in [-0.25, -0.2) is 4.39 Å². The van der Waals surface area contributed by atoms with E-state index in [-0.39, 0.29) is 5.83 Å². The van der Waals surface area contributed by atoms with Gasteiger partial charge in [-0.05, 0) is 45.9 Å². The molecule has 1 rings (SSSR count). The normalized spacial score (nSPS) is 29.9. The molecule has 0 bridgehead atoms. The van der Waals surface area contributed by atoms with Crippen LogP contribution in [0.5, 0.6) is 0 Å². The standard InChI is InChI=1S/C12H14Br2ClFO/c1-4-7-8(13)9(16)6(3)12(5-2,10(7)14)11(15)17/h6H,4-5H2,1-3H3. The second kappa shape index (κ2) is 5.54. The number of allylic oxidation sites excluding steroid dienone is 4. The molecule has 17 heavy (non-hydrogen) atoms. The van der Waals surface area contributed by atoms with Crippen LogP contribution in [0.15, 0.2) is 20.4 Å². The van der Waals surface area contributed by atoms with Gasteiger partial charge in [-0.15, -0.1) is 0 Å². The molecule has 0 saturated heterocycles. The van der Waals surface area contributed by atoms with E-state index < -0.39 is 16.6 Å². The van der Waals surface area contributed by atoms with Gasteiger partial charge in [0, 0.05) is 10.4 Å². The van der Waals surface area contributed by atoms with Crippen LogP contribution in [0.1, 0.15) is 33.6 Å². The number of carbonyl (C=O) groups excluding carboxylic acids is 1. The summed E-state index contributed by atoms with van der Waals surface area (Å²) in [7, 11) is 0. The molecule has 0 aliphatic heterocycles.